The molecule has 2 heterocycles. The number of furan rings is 1. The minimum Gasteiger partial charge on any atom is -0.457 e. The Balaban J connectivity index is 1.67. The van der Waals surface area contributed by atoms with Crippen LogP contribution < -0.4 is 10.2 Å². The standard InChI is InChI=1S/C21H11Cl2N3O6/c22-11-2-1-3-12(8-11)25-20(28)16(19(27)24-21(25)29)10-14-5-7-18(32-14)15-6-4-13(26(30)31)9-17(15)23/h1-10H,(H,24,27,29)/b16-10+. The Morgan fingerprint density at radius 2 is 1.81 bits per heavy atom. The summed E-state index contributed by atoms with van der Waals surface area (Å²) in [7, 11) is 0. The van der Waals surface area contributed by atoms with Crippen LogP contribution in [0, 0.1) is 10.1 Å². The van der Waals surface area contributed by atoms with Crippen LogP contribution in [0.5, 0.6) is 0 Å². The summed E-state index contributed by atoms with van der Waals surface area (Å²) in [4.78, 5) is 48.5. The van der Waals surface area contributed by atoms with Crippen LogP contribution in [0.1, 0.15) is 5.76 Å². The minimum atomic E-state index is -0.905. The molecule has 11 heteroatoms. The Bertz CT molecular complexity index is 1330. The molecule has 1 N–H and O–H groups in total. The van der Waals surface area contributed by atoms with Gasteiger partial charge in [-0.1, -0.05) is 29.3 Å². The van der Waals surface area contributed by atoms with Gasteiger partial charge in [-0.3, -0.25) is 25.0 Å². The molecule has 0 atom stereocenters. The summed E-state index contributed by atoms with van der Waals surface area (Å²) in [5.74, 6) is -1.34. The minimum absolute atomic E-state index is 0.0944. The smallest absolute Gasteiger partial charge is 0.335 e. The van der Waals surface area contributed by atoms with E-state index in [1.807, 2.05) is 0 Å². The third kappa shape index (κ3) is 3.98. The Kier molecular flexibility index (Phi) is 5.52. The first kappa shape index (κ1) is 21.3. The van der Waals surface area contributed by atoms with Crippen molar-refractivity contribution in [1.82, 2.24) is 5.32 Å². The van der Waals surface area contributed by atoms with Crippen molar-refractivity contribution in [2.75, 3.05) is 4.90 Å². The number of rotatable bonds is 4. The molecule has 9 nitrogen and oxygen atoms in total. The van der Waals surface area contributed by atoms with Gasteiger partial charge in [0.1, 0.15) is 17.1 Å². The number of non-ortho nitro benzene ring substituents is 1. The van der Waals surface area contributed by atoms with Gasteiger partial charge < -0.3 is 4.42 Å². The summed E-state index contributed by atoms with van der Waals surface area (Å²) in [6.45, 7) is 0. The molecule has 32 heavy (non-hydrogen) atoms. The molecule has 0 bridgehead atoms. The largest absolute Gasteiger partial charge is 0.457 e. The highest BCUT2D eigenvalue weighted by Gasteiger charge is 2.37. The second-order valence-electron chi connectivity index (χ2n) is 6.56. The number of anilines is 1. The molecule has 1 aromatic heterocycles. The molecule has 0 unspecified atom stereocenters. The van der Waals surface area contributed by atoms with E-state index in [1.165, 1.54) is 48.5 Å². The van der Waals surface area contributed by atoms with Crippen LogP contribution in [0.4, 0.5) is 16.2 Å². The number of halogens is 2. The number of nitro benzene ring substituents is 1. The molecule has 1 aliphatic rings. The Labute approximate surface area is 190 Å². The first-order valence-corrected chi connectivity index (χ1v) is 9.71. The normalized spacial score (nSPS) is 15.2. The third-order valence-corrected chi connectivity index (χ3v) is 5.06. The number of nitrogens with one attached hydrogen (secondary N) is 1. The number of benzene rings is 2. The van der Waals surface area contributed by atoms with Gasteiger partial charge in [-0.25, -0.2) is 9.69 Å². The maximum Gasteiger partial charge on any atom is 0.335 e. The molecular weight excluding hydrogens is 461 g/mol. The molecule has 0 spiro atoms. The number of imide groups is 2. The lowest BCUT2D eigenvalue weighted by atomic mass is 10.1. The van der Waals surface area contributed by atoms with E-state index in [0.29, 0.717) is 10.6 Å². The van der Waals surface area contributed by atoms with Crippen LogP contribution in [-0.4, -0.2) is 22.8 Å². The van der Waals surface area contributed by atoms with Gasteiger partial charge in [-0.2, -0.15) is 0 Å². The summed E-state index contributed by atoms with van der Waals surface area (Å²) in [5.41, 5.74) is 0.0661. The molecular formula is C21H11Cl2N3O6. The molecule has 1 aliphatic heterocycles. The Hall–Kier alpha value is -3.95. The van der Waals surface area contributed by atoms with Crippen LogP contribution in [0.15, 0.2) is 64.6 Å². The fraction of sp³-hybridized carbons (Fsp3) is 0. The molecule has 1 fully saturated rings. The molecule has 4 rings (SSSR count). The Morgan fingerprint density at radius 3 is 2.50 bits per heavy atom. The van der Waals surface area contributed by atoms with E-state index < -0.39 is 22.8 Å². The molecule has 0 saturated carbocycles. The summed E-state index contributed by atoms with van der Waals surface area (Å²) in [6, 6.07) is 12.0. The number of amides is 4. The monoisotopic (exact) mass is 471 g/mol. The van der Waals surface area contributed by atoms with Crippen molar-refractivity contribution in [1.29, 1.82) is 0 Å². The quantitative estimate of drug-likeness (QED) is 0.251. The van der Waals surface area contributed by atoms with Crippen LogP contribution in [0.2, 0.25) is 10.0 Å². The highest BCUT2D eigenvalue weighted by molar-refractivity contribution is 6.39. The molecule has 0 radical (unpaired) electrons. The van der Waals surface area contributed by atoms with Gasteiger partial charge in [0, 0.05) is 22.7 Å². The first-order valence-electron chi connectivity index (χ1n) is 8.96. The number of hydrogen-bond acceptors (Lipinski definition) is 6. The van der Waals surface area contributed by atoms with Crippen molar-refractivity contribution >= 4 is 58.5 Å². The van der Waals surface area contributed by atoms with Crippen LogP contribution in [-0.2, 0) is 9.59 Å². The molecule has 1 saturated heterocycles. The topological polar surface area (TPSA) is 123 Å². The number of barbiturate groups is 1. The number of carbonyl (C=O) groups is 3. The third-order valence-electron chi connectivity index (χ3n) is 4.51. The molecule has 160 valence electrons. The van der Waals surface area contributed by atoms with Gasteiger partial charge >= 0.3 is 6.03 Å². The van der Waals surface area contributed by atoms with E-state index in [0.717, 1.165) is 4.90 Å². The van der Waals surface area contributed by atoms with Crippen molar-refractivity contribution in [2.45, 2.75) is 0 Å². The summed E-state index contributed by atoms with van der Waals surface area (Å²) in [5, 5.41) is 13.4. The zero-order valence-electron chi connectivity index (χ0n) is 15.9. The average Bonchev–Trinajstić information content (AvgIpc) is 3.19. The Morgan fingerprint density at radius 1 is 1.03 bits per heavy atom. The van der Waals surface area contributed by atoms with Crippen molar-refractivity contribution in [2.24, 2.45) is 0 Å². The lowest BCUT2D eigenvalue weighted by molar-refractivity contribution is -0.384. The summed E-state index contributed by atoms with van der Waals surface area (Å²) >= 11 is 12.1. The van der Waals surface area contributed by atoms with E-state index in [2.05, 4.69) is 5.32 Å². The van der Waals surface area contributed by atoms with Crippen molar-refractivity contribution < 1.29 is 23.7 Å². The van der Waals surface area contributed by atoms with Gasteiger partial charge in [0.2, 0.25) is 0 Å². The average molecular weight is 472 g/mol. The zero-order valence-corrected chi connectivity index (χ0v) is 17.4. The van der Waals surface area contributed by atoms with E-state index in [4.69, 9.17) is 27.6 Å². The summed E-state index contributed by atoms with van der Waals surface area (Å²) in [6.07, 6.45) is 1.18. The predicted molar refractivity (Wildman–Crippen MR) is 116 cm³/mol. The lowest BCUT2D eigenvalue weighted by Gasteiger charge is -2.26. The van der Waals surface area contributed by atoms with Gasteiger partial charge in [-0.15, -0.1) is 0 Å². The van der Waals surface area contributed by atoms with Crippen LogP contribution in [0.3, 0.4) is 0 Å². The fourth-order valence-electron chi connectivity index (χ4n) is 3.04. The zero-order chi connectivity index (χ0) is 23.0. The van der Waals surface area contributed by atoms with Crippen LogP contribution in [0.25, 0.3) is 17.4 Å². The number of hydrogen-bond donors (Lipinski definition) is 1. The number of carbonyl (C=O) groups excluding carboxylic acids is 3. The number of urea groups is 1. The first-order chi connectivity index (χ1) is 15.2. The highest BCUT2D eigenvalue weighted by Crippen LogP contribution is 2.33. The number of nitro groups is 1. The van der Waals surface area contributed by atoms with Gasteiger partial charge in [0.25, 0.3) is 17.5 Å². The van der Waals surface area contributed by atoms with Gasteiger partial charge in [0.15, 0.2) is 0 Å². The van der Waals surface area contributed by atoms with Gasteiger partial charge in [0.05, 0.1) is 15.6 Å². The van der Waals surface area contributed by atoms with Crippen molar-refractivity contribution in [3.05, 3.63) is 86.1 Å². The maximum atomic E-state index is 12.9. The van der Waals surface area contributed by atoms with Crippen molar-refractivity contribution in [3.8, 4) is 11.3 Å². The fourth-order valence-corrected chi connectivity index (χ4v) is 3.49. The van der Waals surface area contributed by atoms with Crippen LogP contribution >= 0.6 is 23.2 Å². The van der Waals surface area contributed by atoms with E-state index in [1.54, 1.807) is 12.1 Å². The van der Waals surface area contributed by atoms with E-state index in [9.17, 15) is 24.5 Å². The SMILES string of the molecule is O=C1NC(=O)N(c2cccc(Cl)c2)C(=O)/C1=C/c1ccc(-c2ccc([N+](=O)[O-])cc2Cl)o1. The van der Waals surface area contributed by atoms with Crippen molar-refractivity contribution in [3.63, 3.8) is 0 Å². The van der Waals surface area contributed by atoms with E-state index in [-0.39, 0.29) is 33.5 Å². The maximum absolute atomic E-state index is 12.9. The lowest BCUT2D eigenvalue weighted by Crippen LogP contribution is -2.54. The second kappa shape index (κ2) is 8.29. The van der Waals surface area contributed by atoms with Gasteiger partial charge in [-0.05, 0) is 42.5 Å². The second-order valence-corrected chi connectivity index (χ2v) is 7.40. The molecule has 0 aliphatic carbocycles. The predicted octanol–water partition coefficient (Wildman–Crippen LogP) is 4.83. The molecule has 4 amide bonds. The molecule has 2 aromatic carbocycles. The number of nitrogens with zero attached hydrogens (tertiary/aromatic N) is 2. The molecule has 3 aromatic rings. The highest BCUT2D eigenvalue weighted by atomic mass is 35.5. The summed E-state index contributed by atoms with van der Waals surface area (Å²) < 4.78 is 5.65. The van der Waals surface area contributed by atoms with E-state index >= 15 is 0 Å².